The summed E-state index contributed by atoms with van der Waals surface area (Å²) in [5, 5.41) is 2.85. The predicted octanol–water partition coefficient (Wildman–Crippen LogP) is 0.379. The van der Waals surface area contributed by atoms with Crippen LogP contribution in [-0.4, -0.2) is 24.9 Å². The number of primary amides is 1. The van der Waals surface area contributed by atoms with E-state index in [2.05, 4.69) is 5.32 Å². The molecule has 0 aromatic carbocycles. The number of nitrogens with one attached hydrogen (secondary N) is 1. The van der Waals surface area contributed by atoms with Gasteiger partial charge >= 0.3 is 0 Å². The van der Waals surface area contributed by atoms with Crippen molar-refractivity contribution in [3.63, 3.8) is 0 Å². The molecule has 5 N–H and O–H groups in total. The van der Waals surface area contributed by atoms with E-state index in [4.69, 9.17) is 11.5 Å². The molecule has 0 spiro atoms. The van der Waals surface area contributed by atoms with Crippen molar-refractivity contribution in [2.24, 2.45) is 22.8 Å². The molecule has 0 rings (SSSR count). The Balaban J connectivity index is 4.43. The molecule has 2 unspecified atom stereocenters. The highest BCUT2D eigenvalue weighted by Crippen LogP contribution is 2.30. The quantitative estimate of drug-likeness (QED) is 0.537. The Bertz CT molecular complexity index is 268. The lowest BCUT2D eigenvalue weighted by atomic mass is 9.78. The van der Waals surface area contributed by atoms with Crippen LogP contribution >= 0.6 is 0 Å². The van der Waals surface area contributed by atoms with Gasteiger partial charge < -0.3 is 16.8 Å². The Morgan fingerprint density at radius 1 is 1.41 bits per heavy atom. The number of amides is 2. The number of hydrogen-bond donors (Lipinski definition) is 3. The average Bonchev–Trinajstić information content (AvgIpc) is 2.28. The van der Waals surface area contributed by atoms with Crippen molar-refractivity contribution in [1.82, 2.24) is 5.32 Å². The fourth-order valence-electron chi connectivity index (χ4n) is 1.69. The van der Waals surface area contributed by atoms with Crippen molar-refractivity contribution in [1.29, 1.82) is 0 Å². The van der Waals surface area contributed by atoms with Gasteiger partial charge in [-0.2, -0.15) is 0 Å². The van der Waals surface area contributed by atoms with E-state index in [1.165, 1.54) is 0 Å². The largest absolute Gasteiger partial charge is 0.369 e. The standard InChI is InChI=1S/C12H25N3O2/c1-4-12(3,8-9(2)10(14)16)11(17)15-7-5-6-13/h9H,4-8,13H2,1-3H3,(H2,14,16)(H,15,17). The van der Waals surface area contributed by atoms with Gasteiger partial charge in [-0.15, -0.1) is 0 Å². The number of carbonyl (C=O) groups excluding carboxylic acids is 2. The maximum Gasteiger partial charge on any atom is 0.225 e. The van der Waals surface area contributed by atoms with Crippen LogP contribution in [0.2, 0.25) is 0 Å². The van der Waals surface area contributed by atoms with Gasteiger partial charge in [-0.1, -0.05) is 20.8 Å². The molecule has 0 heterocycles. The summed E-state index contributed by atoms with van der Waals surface area (Å²) in [6.45, 7) is 6.69. The summed E-state index contributed by atoms with van der Waals surface area (Å²) in [5.74, 6) is -0.679. The maximum absolute atomic E-state index is 12.0. The Hall–Kier alpha value is -1.10. The molecule has 5 heteroatoms. The average molecular weight is 243 g/mol. The minimum atomic E-state index is -0.539. The fourth-order valence-corrected chi connectivity index (χ4v) is 1.69. The zero-order valence-corrected chi connectivity index (χ0v) is 11.1. The van der Waals surface area contributed by atoms with Gasteiger partial charge in [0.1, 0.15) is 0 Å². The molecule has 100 valence electrons. The monoisotopic (exact) mass is 243 g/mol. The number of nitrogens with two attached hydrogens (primary N) is 2. The van der Waals surface area contributed by atoms with Gasteiger partial charge in [-0.3, -0.25) is 9.59 Å². The van der Waals surface area contributed by atoms with Crippen LogP contribution in [0.15, 0.2) is 0 Å². The van der Waals surface area contributed by atoms with Crippen LogP contribution in [0, 0.1) is 11.3 Å². The Morgan fingerprint density at radius 3 is 2.41 bits per heavy atom. The van der Waals surface area contributed by atoms with Gasteiger partial charge in [0.15, 0.2) is 0 Å². The molecule has 17 heavy (non-hydrogen) atoms. The van der Waals surface area contributed by atoms with E-state index in [0.29, 0.717) is 25.9 Å². The van der Waals surface area contributed by atoms with Crippen LogP contribution < -0.4 is 16.8 Å². The minimum Gasteiger partial charge on any atom is -0.369 e. The van der Waals surface area contributed by atoms with Crippen LogP contribution in [-0.2, 0) is 9.59 Å². The third-order valence-corrected chi connectivity index (χ3v) is 3.24. The lowest BCUT2D eigenvalue weighted by Crippen LogP contribution is -2.41. The highest BCUT2D eigenvalue weighted by Gasteiger charge is 2.33. The van der Waals surface area contributed by atoms with Crippen molar-refractivity contribution in [3.8, 4) is 0 Å². The second kappa shape index (κ2) is 7.27. The molecule has 0 fully saturated rings. The van der Waals surface area contributed by atoms with Crippen molar-refractivity contribution in [2.75, 3.05) is 13.1 Å². The van der Waals surface area contributed by atoms with Gasteiger partial charge in [-0.25, -0.2) is 0 Å². The third-order valence-electron chi connectivity index (χ3n) is 3.24. The smallest absolute Gasteiger partial charge is 0.225 e. The van der Waals surface area contributed by atoms with Gasteiger partial charge in [0.2, 0.25) is 11.8 Å². The zero-order valence-electron chi connectivity index (χ0n) is 11.1. The van der Waals surface area contributed by atoms with Gasteiger partial charge in [-0.05, 0) is 25.8 Å². The van der Waals surface area contributed by atoms with E-state index in [0.717, 1.165) is 6.42 Å². The van der Waals surface area contributed by atoms with E-state index in [-0.39, 0.29) is 17.7 Å². The molecule has 0 aliphatic rings. The molecule has 0 saturated heterocycles. The first kappa shape index (κ1) is 15.9. The summed E-state index contributed by atoms with van der Waals surface area (Å²) >= 11 is 0. The van der Waals surface area contributed by atoms with Crippen molar-refractivity contribution < 1.29 is 9.59 Å². The SMILES string of the molecule is CCC(C)(CC(C)C(N)=O)C(=O)NCCCN. The Kier molecular flexibility index (Phi) is 6.80. The first-order valence-corrected chi connectivity index (χ1v) is 6.15. The number of carbonyl (C=O) groups is 2. The maximum atomic E-state index is 12.0. The van der Waals surface area contributed by atoms with E-state index in [9.17, 15) is 9.59 Å². The molecule has 0 bridgehead atoms. The molecular formula is C12H25N3O2. The van der Waals surface area contributed by atoms with E-state index < -0.39 is 5.41 Å². The molecular weight excluding hydrogens is 218 g/mol. The van der Waals surface area contributed by atoms with Crippen molar-refractivity contribution in [2.45, 2.75) is 40.0 Å². The topological polar surface area (TPSA) is 98.2 Å². The van der Waals surface area contributed by atoms with E-state index in [1.807, 2.05) is 13.8 Å². The van der Waals surface area contributed by atoms with Crippen LogP contribution in [0.5, 0.6) is 0 Å². The molecule has 2 atom stereocenters. The molecule has 0 aliphatic carbocycles. The van der Waals surface area contributed by atoms with Gasteiger partial charge in [0.05, 0.1) is 0 Å². The van der Waals surface area contributed by atoms with Crippen LogP contribution in [0.4, 0.5) is 0 Å². The second-order valence-electron chi connectivity index (χ2n) is 4.82. The van der Waals surface area contributed by atoms with Crippen LogP contribution in [0.3, 0.4) is 0 Å². The fraction of sp³-hybridized carbons (Fsp3) is 0.833. The summed E-state index contributed by atoms with van der Waals surface area (Å²) in [5.41, 5.74) is 10.1. The molecule has 2 amide bonds. The van der Waals surface area contributed by atoms with E-state index >= 15 is 0 Å². The molecule has 0 radical (unpaired) electrons. The normalized spacial score (nSPS) is 16.0. The third kappa shape index (κ3) is 5.17. The predicted molar refractivity (Wildman–Crippen MR) is 68.1 cm³/mol. The zero-order chi connectivity index (χ0) is 13.5. The van der Waals surface area contributed by atoms with Gasteiger partial charge in [0, 0.05) is 17.9 Å². The van der Waals surface area contributed by atoms with Crippen LogP contribution in [0.1, 0.15) is 40.0 Å². The molecule has 0 aliphatic heterocycles. The number of rotatable bonds is 8. The molecule has 0 aromatic rings. The lowest BCUT2D eigenvalue weighted by molar-refractivity contribution is -0.132. The highest BCUT2D eigenvalue weighted by atomic mass is 16.2. The summed E-state index contributed by atoms with van der Waals surface area (Å²) in [4.78, 5) is 23.1. The summed E-state index contributed by atoms with van der Waals surface area (Å²) < 4.78 is 0. The highest BCUT2D eigenvalue weighted by molar-refractivity contribution is 5.83. The molecule has 0 aromatic heterocycles. The summed E-state index contributed by atoms with van der Waals surface area (Å²) in [6, 6.07) is 0. The Morgan fingerprint density at radius 2 is 2.00 bits per heavy atom. The lowest BCUT2D eigenvalue weighted by Gasteiger charge is -2.29. The minimum absolute atomic E-state index is 0.0263. The molecule has 5 nitrogen and oxygen atoms in total. The first-order chi connectivity index (χ1) is 7.87. The van der Waals surface area contributed by atoms with E-state index in [1.54, 1.807) is 6.92 Å². The Labute approximate surface area is 103 Å². The summed E-state index contributed by atoms with van der Waals surface area (Å²) in [7, 11) is 0. The second-order valence-corrected chi connectivity index (χ2v) is 4.82. The van der Waals surface area contributed by atoms with Crippen molar-refractivity contribution >= 4 is 11.8 Å². The first-order valence-electron chi connectivity index (χ1n) is 6.15. The van der Waals surface area contributed by atoms with Crippen molar-refractivity contribution in [3.05, 3.63) is 0 Å². The summed E-state index contributed by atoms with van der Waals surface area (Å²) in [6.07, 6.45) is 1.92. The van der Waals surface area contributed by atoms with Crippen LogP contribution in [0.25, 0.3) is 0 Å². The number of hydrogen-bond acceptors (Lipinski definition) is 3. The van der Waals surface area contributed by atoms with Gasteiger partial charge in [0.25, 0.3) is 0 Å². The molecule has 0 saturated carbocycles.